The van der Waals surface area contributed by atoms with Crippen molar-refractivity contribution in [1.82, 2.24) is 9.97 Å². The minimum absolute atomic E-state index is 0.616. The standard InChI is InChI=1S/C13H10N2OS/c1-9-7-11-12(14-8-15-13(11)17-9)16-10-5-3-2-4-6-10/h2-8H,1H3. The third-order valence-electron chi connectivity index (χ3n) is 2.37. The van der Waals surface area contributed by atoms with Crippen LogP contribution in [0, 0.1) is 6.92 Å². The molecule has 84 valence electrons. The van der Waals surface area contributed by atoms with Gasteiger partial charge >= 0.3 is 0 Å². The van der Waals surface area contributed by atoms with Crippen molar-refractivity contribution in [2.45, 2.75) is 6.92 Å². The van der Waals surface area contributed by atoms with Crippen molar-refractivity contribution in [3.63, 3.8) is 0 Å². The van der Waals surface area contributed by atoms with Crippen LogP contribution in [-0.2, 0) is 0 Å². The molecule has 2 heterocycles. The molecule has 1 aromatic carbocycles. The number of benzene rings is 1. The van der Waals surface area contributed by atoms with Crippen molar-refractivity contribution in [1.29, 1.82) is 0 Å². The Hall–Kier alpha value is -1.94. The molecule has 0 unspecified atom stereocenters. The fraction of sp³-hybridized carbons (Fsp3) is 0.0769. The number of para-hydroxylation sites is 1. The van der Waals surface area contributed by atoms with Gasteiger partial charge in [-0.2, -0.15) is 0 Å². The van der Waals surface area contributed by atoms with E-state index in [2.05, 4.69) is 23.0 Å². The fourth-order valence-corrected chi connectivity index (χ4v) is 2.47. The van der Waals surface area contributed by atoms with Gasteiger partial charge in [-0.1, -0.05) is 18.2 Å². The van der Waals surface area contributed by atoms with Gasteiger partial charge in [-0.25, -0.2) is 9.97 Å². The zero-order valence-corrected chi connectivity index (χ0v) is 10.1. The van der Waals surface area contributed by atoms with E-state index in [1.54, 1.807) is 11.3 Å². The van der Waals surface area contributed by atoms with Gasteiger partial charge in [0, 0.05) is 4.88 Å². The minimum Gasteiger partial charge on any atom is -0.438 e. The SMILES string of the molecule is Cc1cc2c(Oc3ccccc3)ncnc2s1. The van der Waals surface area contributed by atoms with Gasteiger partial charge in [-0.3, -0.25) is 0 Å². The van der Waals surface area contributed by atoms with Crippen LogP contribution in [0.25, 0.3) is 10.2 Å². The van der Waals surface area contributed by atoms with E-state index in [4.69, 9.17) is 4.74 Å². The summed E-state index contributed by atoms with van der Waals surface area (Å²) in [6.07, 6.45) is 1.54. The maximum atomic E-state index is 5.76. The molecule has 3 nitrogen and oxygen atoms in total. The molecule has 2 aromatic heterocycles. The lowest BCUT2D eigenvalue weighted by atomic mass is 10.3. The highest BCUT2D eigenvalue weighted by atomic mass is 32.1. The summed E-state index contributed by atoms with van der Waals surface area (Å²) in [5, 5.41) is 0.971. The summed E-state index contributed by atoms with van der Waals surface area (Å²) in [7, 11) is 0. The van der Waals surface area contributed by atoms with Gasteiger partial charge in [0.15, 0.2) is 0 Å². The molecule has 0 amide bonds. The minimum atomic E-state index is 0.616. The van der Waals surface area contributed by atoms with Crippen LogP contribution in [-0.4, -0.2) is 9.97 Å². The number of nitrogens with zero attached hydrogens (tertiary/aromatic N) is 2. The molecule has 0 aliphatic carbocycles. The monoisotopic (exact) mass is 242 g/mol. The van der Waals surface area contributed by atoms with Crippen molar-refractivity contribution in [3.8, 4) is 11.6 Å². The van der Waals surface area contributed by atoms with Gasteiger partial charge < -0.3 is 4.74 Å². The summed E-state index contributed by atoms with van der Waals surface area (Å²) >= 11 is 1.65. The zero-order chi connectivity index (χ0) is 11.7. The van der Waals surface area contributed by atoms with Crippen LogP contribution in [0.3, 0.4) is 0 Å². The molecule has 0 radical (unpaired) electrons. The van der Waals surface area contributed by atoms with Gasteiger partial charge in [0.1, 0.15) is 16.9 Å². The molecular formula is C13H10N2OS. The Morgan fingerprint density at radius 1 is 1.12 bits per heavy atom. The second-order valence-electron chi connectivity index (χ2n) is 3.67. The summed E-state index contributed by atoms with van der Waals surface area (Å²) in [6, 6.07) is 11.7. The molecule has 3 aromatic rings. The van der Waals surface area contributed by atoms with Crippen molar-refractivity contribution in [2.24, 2.45) is 0 Å². The molecule has 0 bridgehead atoms. The van der Waals surface area contributed by atoms with Crippen LogP contribution < -0.4 is 4.74 Å². The van der Waals surface area contributed by atoms with E-state index in [0.29, 0.717) is 5.88 Å². The number of hydrogen-bond acceptors (Lipinski definition) is 4. The molecule has 0 saturated carbocycles. The Bertz CT molecular complexity index is 649. The molecular weight excluding hydrogens is 232 g/mol. The second kappa shape index (κ2) is 4.14. The first-order valence-electron chi connectivity index (χ1n) is 5.27. The number of ether oxygens (including phenoxy) is 1. The average Bonchev–Trinajstić information content (AvgIpc) is 2.72. The quantitative estimate of drug-likeness (QED) is 0.685. The van der Waals surface area contributed by atoms with E-state index in [1.807, 2.05) is 30.3 Å². The van der Waals surface area contributed by atoms with Gasteiger partial charge in [0.25, 0.3) is 0 Å². The first-order valence-corrected chi connectivity index (χ1v) is 6.08. The van der Waals surface area contributed by atoms with Crippen LogP contribution in [0.4, 0.5) is 0 Å². The number of thiophene rings is 1. The van der Waals surface area contributed by atoms with Crippen LogP contribution in [0.5, 0.6) is 11.6 Å². The highest BCUT2D eigenvalue weighted by Crippen LogP contribution is 2.31. The van der Waals surface area contributed by atoms with Crippen molar-refractivity contribution in [3.05, 3.63) is 47.6 Å². The van der Waals surface area contributed by atoms with E-state index in [1.165, 1.54) is 11.2 Å². The van der Waals surface area contributed by atoms with Gasteiger partial charge in [0.2, 0.25) is 5.88 Å². The third kappa shape index (κ3) is 1.99. The maximum Gasteiger partial charge on any atom is 0.231 e. The number of hydrogen-bond donors (Lipinski definition) is 0. The van der Waals surface area contributed by atoms with Crippen molar-refractivity contribution < 1.29 is 4.74 Å². The Labute approximate surface area is 103 Å². The summed E-state index contributed by atoms with van der Waals surface area (Å²) in [5.41, 5.74) is 0. The summed E-state index contributed by atoms with van der Waals surface area (Å²) in [5.74, 6) is 1.40. The molecule has 0 atom stereocenters. The molecule has 0 N–H and O–H groups in total. The van der Waals surface area contributed by atoms with Gasteiger partial charge in [0.05, 0.1) is 5.39 Å². The Balaban J connectivity index is 2.06. The molecule has 4 heteroatoms. The predicted molar refractivity (Wildman–Crippen MR) is 68.7 cm³/mol. The van der Waals surface area contributed by atoms with E-state index in [9.17, 15) is 0 Å². The zero-order valence-electron chi connectivity index (χ0n) is 9.25. The van der Waals surface area contributed by atoms with Crippen LogP contribution in [0.1, 0.15) is 4.88 Å². The highest BCUT2D eigenvalue weighted by Gasteiger charge is 2.08. The molecule has 0 spiro atoms. The summed E-state index contributed by atoms with van der Waals surface area (Å²) in [6.45, 7) is 2.05. The van der Waals surface area contributed by atoms with E-state index in [-0.39, 0.29) is 0 Å². The van der Waals surface area contributed by atoms with Crippen LogP contribution >= 0.6 is 11.3 Å². The Morgan fingerprint density at radius 3 is 2.76 bits per heavy atom. The number of rotatable bonds is 2. The number of fused-ring (bicyclic) bond motifs is 1. The maximum absolute atomic E-state index is 5.76. The van der Waals surface area contributed by atoms with Crippen LogP contribution in [0.2, 0.25) is 0 Å². The molecule has 0 aliphatic rings. The lowest BCUT2D eigenvalue weighted by molar-refractivity contribution is 0.468. The average molecular weight is 242 g/mol. The summed E-state index contributed by atoms with van der Waals surface area (Å²) < 4.78 is 5.76. The first-order chi connectivity index (χ1) is 8.33. The lowest BCUT2D eigenvalue weighted by Crippen LogP contribution is -1.88. The molecule has 3 rings (SSSR count). The largest absolute Gasteiger partial charge is 0.438 e. The number of aryl methyl sites for hydroxylation is 1. The highest BCUT2D eigenvalue weighted by molar-refractivity contribution is 7.18. The Kier molecular flexibility index (Phi) is 2.49. The van der Waals surface area contributed by atoms with Crippen molar-refractivity contribution in [2.75, 3.05) is 0 Å². The van der Waals surface area contributed by atoms with E-state index in [0.717, 1.165) is 16.0 Å². The van der Waals surface area contributed by atoms with E-state index < -0.39 is 0 Å². The number of aromatic nitrogens is 2. The smallest absolute Gasteiger partial charge is 0.231 e. The Morgan fingerprint density at radius 2 is 1.94 bits per heavy atom. The fourth-order valence-electron chi connectivity index (χ4n) is 1.64. The van der Waals surface area contributed by atoms with E-state index >= 15 is 0 Å². The van der Waals surface area contributed by atoms with Crippen LogP contribution in [0.15, 0.2) is 42.7 Å². The molecule has 17 heavy (non-hydrogen) atoms. The third-order valence-corrected chi connectivity index (χ3v) is 3.33. The predicted octanol–water partition coefficient (Wildman–Crippen LogP) is 3.79. The molecule has 0 saturated heterocycles. The first kappa shape index (κ1) is 10.2. The normalized spacial score (nSPS) is 10.6. The molecule has 0 aliphatic heterocycles. The second-order valence-corrected chi connectivity index (χ2v) is 4.90. The lowest BCUT2D eigenvalue weighted by Gasteiger charge is -2.04. The van der Waals surface area contributed by atoms with Gasteiger partial charge in [-0.05, 0) is 25.1 Å². The summed E-state index contributed by atoms with van der Waals surface area (Å²) in [4.78, 5) is 10.6. The molecule has 0 fully saturated rings. The van der Waals surface area contributed by atoms with Crippen molar-refractivity contribution >= 4 is 21.6 Å². The topological polar surface area (TPSA) is 35.0 Å². The van der Waals surface area contributed by atoms with Gasteiger partial charge in [-0.15, -0.1) is 11.3 Å².